The van der Waals surface area contributed by atoms with Gasteiger partial charge in [-0.3, -0.25) is 9.32 Å². The summed E-state index contributed by atoms with van der Waals surface area (Å²) < 4.78 is 10.2. The van der Waals surface area contributed by atoms with Crippen LogP contribution in [0.2, 0.25) is 5.02 Å². The summed E-state index contributed by atoms with van der Waals surface area (Å²) in [6.45, 7) is 1.46. The molecule has 2 aromatic rings. The Morgan fingerprint density at radius 3 is 2.95 bits per heavy atom. The molecule has 0 atom stereocenters. The van der Waals surface area contributed by atoms with Gasteiger partial charge in [0.2, 0.25) is 0 Å². The van der Waals surface area contributed by atoms with Gasteiger partial charge < -0.3 is 9.84 Å². The summed E-state index contributed by atoms with van der Waals surface area (Å²) >= 11 is 5.97. The van der Waals surface area contributed by atoms with Gasteiger partial charge in [-0.05, 0) is 19.1 Å². The molecule has 2 rings (SSSR count). The largest absolute Gasteiger partial charge is 0.507 e. The third kappa shape index (κ3) is 2.67. The summed E-state index contributed by atoms with van der Waals surface area (Å²) in [5.74, 6) is -1.67. The number of ether oxygens (including phenoxy) is 1. The van der Waals surface area contributed by atoms with Crippen LogP contribution in [-0.4, -0.2) is 27.4 Å². The van der Waals surface area contributed by atoms with Crippen LogP contribution in [0.3, 0.4) is 0 Å². The minimum Gasteiger partial charge on any atom is -0.507 e. The second-order valence-corrected chi connectivity index (χ2v) is 4.20. The number of carbonyl (C=O) groups is 1. The zero-order valence-electron chi connectivity index (χ0n) is 10.5. The number of hydrogen-bond acceptors (Lipinski definition) is 6. The number of aromatic hydroxyl groups is 1. The summed E-state index contributed by atoms with van der Waals surface area (Å²) in [5.41, 5.74) is 0.115. The van der Waals surface area contributed by atoms with Crippen molar-refractivity contribution in [3.63, 3.8) is 0 Å². The molecule has 20 heavy (non-hydrogen) atoms. The average molecular weight is 299 g/mol. The Bertz CT molecular complexity index is 671. The maximum absolute atomic E-state index is 11.6. The Morgan fingerprint density at radius 1 is 1.55 bits per heavy atom. The van der Waals surface area contributed by atoms with Crippen LogP contribution >= 0.6 is 11.6 Å². The number of phenolic OH excluding ortho intramolecular Hbond substituents is 1. The van der Waals surface area contributed by atoms with E-state index in [9.17, 15) is 14.7 Å². The molecule has 0 amide bonds. The van der Waals surface area contributed by atoms with Crippen molar-refractivity contribution in [3.8, 4) is 17.1 Å². The zero-order valence-corrected chi connectivity index (χ0v) is 11.3. The van der Waals surface area contributed by atoms with E-state index in [1.54, 1.807) is 6.92 Å². The Labute approximate surface area is 118 Å². The van der Waals surface area contributed by atoms with Gasteiger partial charge in [0.1, 0.15) is 12.3 Å². The second-order valence-electron chi connectivity index (χ2n) is 3.80. The molecule has 106 valence electrons. The minimum atomic E-state index is -0.840. The molecule has 0 saturated heterocycles. The molecule has 0 aliphatic carbocycles. The number of nitrogens with zero attached hydrogens (tertiary/aromatic N) is 2. The molecule has 0 unspecified atom stereocenters. The van der Waals surface area contributed by atoms with E-state index in [1.807, 2.05) is 0 Å². The molecule has 0 spiro atoms. The van der Waals surface area contributed by atoms with E-state index >= 15 is 0 Å². The van der Waals surface area contributed by atoms with Crippen LogP contribution in [0.5, 0.6) is 5.75 Å². The van der Waals surface area contributed by atoms with Crippen molar-refractivity contribution in [2.45, 2.75) is 13.5 Å². The molecule has 0 fully saturated rings. The van der Waals surface area contributed by atoms with Crippen LogP contribution in [-0.2, 0) is 16.1 Å². The summed E-state index contributed by atoms with van der Waals surface area (Å²) in [6.07, 6.45) is 0. The maximum atomic E-state index is 11.6. The molecule has 8 heteroatoms. The molecule has 1 aromatic heterocycles. The normalized spacial score (nSPS) is 10.5. The second kappa shape index (κ2) is 5.79. The summed E-state index contributed by atoms with van der Waals surface area (Å²) in [4.78, 5) is 23.0. The van der Waals surface area contributed by atoms with Crippen LogP contribution in [0.25, 0.3) is 11.4 Å². The van der Waals surface area contributed by atoms with Crippen molar-refractivity contribution in [2.75, 3.05) is 6.61 Å². The van der Waals surface area contributed by atoms with Gasteiger partial charge in [-0.2, -0.15) is 0 Å². The van der Waals surface area contributed by atoms with E-state index in [0.29, 0.717) is 0 Å². The molecule has 1 N–H and O–H groups in total. The first-order valence-corrected chi connectivity index (χ1v) is 6.12. The van der Waals surface area contributed by atoms with E-state index < -0.39 is 11.7 Å². The first-order valence-electron chi connectivity index (χ1n) is 5.74. The fourth-order valence-corrected chi connectivity index (χ4v) is 1.91. The van der Waals surface area contributed by atoms with Gasteiger partial charge in [0.05, 0.1) is 17.2 Å². The first kappa shape index (κ1) is 14.1. The van der Waals surface area contributed by atoms with Crippen LogP contribution in [0.15, 0.2) is 27.5 Å². The molecule has 1 heterocycles. The molecule has 0 radical (unpaired) electrons. The van der Waals surface area contributed by atoms with E-state index in [4.69, 9.17) is 16.3 Å². The topological polar surface area (TPSA) is 94.6 Å². The SMILES string of the molecule is CCOC(=O)Cn1c(-c2c(O)cccc2Cl)noc1=O. The molecule has 0 bridgehead atoms. The zero-order chi connectivity index (χ0) is 14.7. The van der Waals surface area contributed by atoms with Crippen molar-refractivity contribution in [1.29, 1.82) is 0 Å². The predicted molar refractivity (Wildman–Crippen MR) is 69.5 cm³/mol. The highest BCUT2D eigenvalue weighted by atomic mass is 35.5. The monoisotopic (exact) mass is 298 g/mol. The van der Waals surface area contributed by atoms with Gasteiger partial charge in [-0.25, -0.2) is 9.36 Å². The quantitative estimate of drug-likeness (QED) is 0.858. The van der Waals surface area contributed by atoms with Crippen LogP contribution in [0.4, 0.5) is 0 Å². The molecule has 0 aliphatic heterocycles. The summed E-state index contributed by atoms with van der Waals surface area (Å²) in [6, 6.07) is 4.44. The number of carbonyl (C=O) groups excluding carboxylic acids is 1. The number of rotatable bonds is 4. The Hall–Kier alpha value is -2.28. The number of hydrogen-bond donors (Lipinski definition) is 1. The molecule has 0 saturated carbocycles. The lowest BCUT2D eigenvalue weighted by Gasteiger charge is -2.07. The van der Waals surface area contributed by atoms with Crippen LogP contribution in [0.1, 0.15) is 6.92 Å². The lowest BCUT2D eigenvalue weighted by atomic mass is 10.2. The highest BCUT2D eigenvalue weighted by Crippen LogP contribution is 2.33. The van der Waals surface area contributed by atoms with Crippen LogP contribution < -0.4 is 5.76 Å². The van der Waals surface area contributed by atoms with Gasteiger partial charge in [0, 0.05) is 0 Å². The molecule has 1 aromatic carbocycles. The van der Waals surface area contributed by atoms with Crippen molar-refractivity contribution in [1.82, 2.24) is 9.72 Å². The van der Waals surface area contributed by atoms with Gasteiger partial charge in [0.15, 0.2) is 5.82 Å². The van der Waals surface area contributed by atoms with Crippen molar-refractivity contribution < 1.29 is 19.2 Å². The number of phenols is 1. The lowest BCUT2D eigenvalue weighted by Crippen LogP contribution is -2.22. The number of aromatic nitrogens is 2. The molecular formula is C12H11ClN2O5. The van der Waals surface area contributed by atoms with E-state index in [2.05, 4.69) is 9.68 Å². The Morgan fingerprint density at radius 2 is 2.30 bits per heavy atom. The standard InChI is InChI=1S/C12H11ClN2O5/c1-2-19-9(17)6-15-11(14-20-12(15)18)10-7(13)4-3-5-8(10)16/h3-5,16H,2,6H2,1H3. The van der Waals surface area contributed by atoms with Gasteiger partial charge in [-0.1, -0.05) is 22.8 Å². The fraction of sp³-hybridized carbons (Fsp3) is 0.250. The van der Waals surface area contributed by atoms with E-state index in [0.717, 1.165) is 4.57 Å². The third-order valence-electron chi connectivity index (χ3n) is 2.49. The Balaban J connectivity index is 2.49. The lowest BCUT2D eigenvalue weighted by molar-refractivity contribution is -0.143. The summed E-state index contributed by atoms with van der Waals surface area (Å²) in [7, 11) is 0. The fourth-order valence-electron chi connectivity index (χ4n) is 1.66. The molecule has 0 aliphatic rings. The van der Waals surface area contributed by atoms with Gasteiger partial charge in [-0.15, -0.1) is 0 Å². The Kier molecular flexibility index (Phi) is 4.09. The molecule has 7 nitrogen and oxygen atoms in total. The van der Waals surface area contributed by atoms with Crippen LogP contribution in [0, 0.1) is 0 Å². The maximum Gasteiger partial charge on any atom is 0.442 e. The first-order chi connectivity index (χ1) is 9.54. The van der Waals surface area contributed by atoms with Gasteiger partial charge >= 0.3 is 11.7 Å². The highest BCUT2D eigenvalue weighted by Gasteiger charge is 2.21. The molecular weight excluding hydrogens is 288 g/mol. The third-order valence-corrected chi connectivity index (χ3v) is 2.81. The average Bonchev–Trinajstić information content (AvgIpc) is 2.72. The van der Waals surface area contributed by atoms with E-state index in [-0.39, 0.29) is 35.3 Å². The smallest absolute Gasteiger partial charge is 0.442 e. The number of benzene rings is 1. The minimum absolute atomic E-state index is 0.0360. The highest BCUT2D eigenvalue weighted by molar-refractivity contribution is 6.33. The van der Waals surface area contributed by atoms with Crippen molar-refractivity contribution in [2.24, 2.45) is 0 Å². The van der Waals surface area contributed by atoms with Crippen molar-refractivity contribution in [3.05, 3.63) is 33.8 Å². The summed E-state index contributed by atoms with van der Waals surface area (Å²) in [5, 5.41) is 13.5. The van der Waals surface area contributed by atoms with E-state index in [1.165, 1.54) is 18.2 Å². The van der Waals surface area contributed by atoms with Gasteiger partial charge in [0.25, 0.3) is 0 Å². The number of halogens is 1. The predicted octanol–water partition coefficient (Wildman–Crippen LogP) is 1.43. The number of esters is 1. The van der Waals surface area contributed by atoms with Crippen molar-refractivity contribution >= 4 is 17.6 Å².